The molecule has 0 saturated carbocycles. The lowest BCUT2D eigenvalue weighted by atomic mass is 10.0. The number of Topliss-reactive ketones (excluding diaryl/α,β-unsaturated/α-hetero) is 1. The summed E-state index contributed by atoms with van der Waals surface area (Å²) in [5.74, 6) is 0.0683. The third-order valence-corrected chi connectivity index (χ3v) is 2.63. The Labute approximate surface area is 77.8 Å². The highest BCUT2D eigenvalue weighted by Crippen LogP contribution is 2.25. The van der Waals surface area contributed by atoms with Crippen LogP contribution in [-0.4, -0.2) is 12.3 Å². The second-order valence-corrected chi connectivity index (χ2v) is 3.42. The molecule has 2 nitrogen and oxygen atoms in total. The number of hydrogen-bond donors (Lipinski definition) is 1. The Morgan fingerprint density at radius 2 is 2.23 bits per heavy atom. The first-order valence-corrected chi connectivity index (χ1v) is 4.67. The fraction of sp³-hybridized carbons (Fsp3) is 0.364. The summed E-state index contributed by atoms with van der Waals surface area (Å²) in [5, 5.41) is 0. The second kappa shape index (κ2) is 3.30. The molecule has 0 heterocycles. The van der Waals surface area contributed by atoms with Crippen LogP contribution in [0.25, 0.3) is 0 Å². The van der Waals surface area contributed by atoms with E-state index < -0.39 is 0 Å². The van der Waals surface area contributed by atoms with Gasteiger partial charge in [0.25, 0.3) is 0 Å². The molecule has 0 aromatic heterocycles. The van der Waals surface area contributed by atoms with Crippen LogP contribution in [-0.2, 0) is 12.8 Å². The van der Waals surface area contributed by atoms with E-state index in [4.69, 9.17) is 5.73 Å². The molecule has 2 N–H and O–H groups in total. The lowest BCUT2D eigenvalue weighted by Crippen LogP contribution is -2.15. The van der Waals surface area contributed by atoms with Gasteiger partial charge < -0.3 is 5.73 Å². The molecule has 1 aliphatic carbocycles. The molecule has 1 aromatic rings. The van der Waals surface area contributed by atoms with Gasteiger partial charge >= 0.3 is 0 Å². The molecule has 0 radical (unpaired) electrons. The molecule has 0 fully saturated rings. The predicted molar refractivity (Wildman–Crippen MR) is 51.9 cm³/mol. The van der Waals surface area contributed by atoms with Gasteiger partial charge in [-0.05, 0) is 30.4 Å². The first-order valence-electron chi connectivity index (χ1n) is 4.67. The van der Waals surface area contributed by atoms with Gasteiger partial charge in [-0.1, -0.05) is 18.2 Å². The summed E-state index contributed by atoms with van der Waals surface area (Å²) in [6.45, 7) is 0.121. The van der Waals surface area contributed by atoms with Gasteiger partial charge in [-0.25, -0.2) is 0 Å². The monoisotopic (exact) mass is 175 g/mol. The molecule has 13 heavy (non-hydrogen) atoms. The molecular formula is C11H13NO. The van der Waals surface area contributed by atoms with Crippen LogP contribution in [0.3, 0.4) is 0 Å². The number of ketones is 1. The third-order valence-electron chi connectivity index (χ3n) is 2.63. The zero-order valence-corrected chi connectivity index (χ0v) is 7.55. The van der Waals surface area contributed by atoms with E-state index in [0.29, 0.717) is 0 Å². The van der Waals surface area contributed by atoms with E-state index in [-0.39, 0.29) is 12.3 Å². The van der Waals surface area contributed by atoms with Gasteiger partial charge in [-0.2, -0.15) is 0 Å². The van der Waals surface area contributed by atoms with Crippen LogP contribution in [0.5, 0.6) is 0 Å². The first-order chi connectivity index (χ1) is 6.33. The van der Waals surface area contributed by atoms with Crippen molar-refractivity contribution in [3.05, 3.63) is 34.9 Å². The molecule has 0 spiro atoms. The highest BCUT2D eigenvalue weighted by Gasteiger charge is 2.17. The predicted octanol–water partition coefficient (Wildman–Crippen LogP) is 1.32. The van der Waals surface area contributed by atoms with Crippen LogP contribution in [0.4, 0.5) is 0 Å². The number of nitrogens with two attached hydrogens (primary N) is 1. The van der Waals surface area contributed by atoms with Crippen molar-refractivity contribution in [2.45, 2.75) is 19.3 Å². The lowest BCUT2D eigenvalue weighted by Gasteiger charge is -2.05. The molecule has 2 rings (SSSR count). The number of carbonyl (C=O) groups is 1. The number of benzene rings is 1. The van der Waals surface area contributed by atoms with E-state index in [0.717, 1.165) is 18.4 Å². The summed E-state index contributed by atoms with van der Waals surface area (Å²) in [5.41, 5.74) is 8.76. The molecule has 0 unspecified atom stereocenters. The fourth-order valence-corrected chi connectivity index (χ4v) is 1.99. The summed E-state index contributed by atoms with van der Waals surface area (Å²) in [7, 11) is 0. The van der Waals surface area contributed by atoms with E-state index in [2.05, 4.69) is 6.07 Å². The van der Waals surface area contributed by atoms with Gasteiger partial charge in [-0.3, -0.25) is 4.79 Å². The quantitative estimate of drug-likeness (QED) is 0.689. The summed E-state index contributed by atoms with van der Waals surface area (Å²) in [6, 6.07) is 5.95. The Morgan fingerprint density at radius 3 is 3.00 bits per heavy atom. The number of fused-ring (bicyclic) bond motifs is 1. The van der Waals surface area contributed by atoms with Crippen molar-refractivity contribution in [3.63, 3.8) is 0 Å². The number of rotatable bonds is 2. The standard InChI is InChI=1S/C11H13NO/c12-7-11(13)10-6-2-4-8-3-1-5-9(8)10/h2,4,6H,1,3,5,7,12H2. The maximum atomic E-state index is 11.4. The van der Waals surface area contributed by atoms with Crippen molar-refractivity contribution in [2.24, 2.45) is 5.73 Å². The molecule has 1 aromatic carbocycles. The number of carbonyl (C=O) groups excluding carboxylic acids is 1. The zero-order valence-electron chi connectivity index (χ0n) is 7.55. The Bertz CT molecular complexity index is 344. The fourth-order valence-electron chi connectivity index (χ4n) is 1.99. The van der Waals surface area contributed by atoms with E-state index in [1.807, 2.05) is 12.1 Å². The van der Waals surface area contributed by atoms with Crippen molar-refractivity contribution < 1.29 is 4.79 Å². The molecule has 0 aliphatic heterocycles. The van der Waals surface area contributed by atoms with Crippen molar-refractivity contribution in [1.82, 2.24) is 0 Å². The Hall–Kier alpha value is -1.15. The number of hydrogen-bond acceptors (Lipinski definition) is 2. The highest BCUT2D eigenvalue weighted by molar-refractivity contribution is 5.99. The van der Waals surface area contributed by atoms with Crippen LogP contribution in [0.2, 0.25) is 0 Å². The SMILES string of the molecule is NCC(=O)c1cccc2c1CCC2. The maximum absolute atomic E-state index is 11.4. The molecule has 1 aliphatic rings. The first kappa shape index (κ1) is 8.45. The van der Waals surface area contributed by atoms with Gasteiger partial charge in [0.1, 0.15) is 0 Å². The molecule has 68 valence electrons. The van der Waals surface area contributed by atoms with Gasteiger partial charge in [0, 0.05) is 5.56 Å². The van der Waals surface area contributed by atoms with Crippen molar-refractivity contribution in [2.75, 3.05) is 6.54 Å². The Morgan fingerprint density at radius 1 is 1.38 bits per heavy atom. The summed E-state index contributed by atoms with van der Waals surface area (Å²) in [6.07, 6.45) is 3.32. The maximum Gasteiger partial charge on any atom is 0.176 e. The largest absolute Gasteiger partial charge is 0.324 e. The average Bonchev–Trinajstić information content (AvgIpc) is 2.63. The topological polar surface area (TPSA) is 43.1 Å². The lowest BCUT2D eigenvalue weighted by molar-refractivity contribution is 0.100. The summed E-state index contributed by atoms with van der Waals surface area (Å²) >= 11 is 0. The van der Waals surface area contributed by atoms with E-state index in [1.54, 1.807) is 0 Å². The van der Waals surface area contributed by atoms with E-state index in [9.17, 15) is 4.79 Å². The van der Waals surface area contributed by atoms with E-state index >= 15 is 0 Å². The van der Waals surface area contributed by atoms with Crippen LogP contribution < -0.4 is 5.73 Å². The minimum absolute atomic E-state index is 0.0683. The van der Waals surface area contributed by atoms with Crippen molar-refractivity contribution in [3.8, 4) is 0 Å². The second-order valence-electron chi connectivity index (χ2n) is 3.42. The van der Waals surface area contributed by atoms with Crippen molar-refractivity contribution >= 4 is 5.78 Å². The molecule has 0 atom stereocenters. The molecule has 0 bridgehead atoms. The van der Waals surface area contributed by atoms with Crippen LogP contribution in [0.1, 0.15) is 27.9 Å². The molecule has 0 amide bonds. The zero-order chi connectivity index (χ0) is 9.26. The van der Waals surface area contributed by atoms with Gasteiger partial charge in [0.15, 0.2) is 5.78 Å². The Kier molecular flexibility index (Phi) is 2.15. The third kappa shape index (κ3) is 1.38. The van der Waals surface area contributed by atoms with Gasteiger partial charge in [0.05, 0.1) is 6.54 Å². The summed E-state index contributed by atoms with van der Waals surface area (Å²) in [4.78, 5) is 11.4. The highest BCUT2D eigenvalue weighted by atomic mass is 16.1. The van der Waals surface area contributed by atoms with Gasteiger partial charge in [0.2, 0.25) is 0 Å². The minimum Gasteiger partial charge on any atom is -0.324 e. The Balaban J connectivity index is 2.47. The molecule has 2 heteroatoms. The van der Waals surface area contributed by atoms with Crippen LogP contribution in [0, 0.1) is 0 Å². The van der Waals surface area contributed by atoms with Crippen LogP contribution >= 0.6 is 0 Å². The average molecular weight is 175 g/mol. The normalized spacial score (nSPS) is 14.2. The van der Waals surface area contributed by atoms with Crippen LogP contribution in [0.15, 0.2) is 18.2 Å². The number of aryl methyl sites for hydroxylation is 1. The smallest absolute Gasteiger partial charge is 0.176 e. The molecule has 0 saturated heterocycles. The minimum atomic E-state index is 0.0683. The van der Waals surface area contributed by atoms with E-state index in [1.165, 1.54) is 17.5 Å². The molecular weight excluding hydrogens is 162 g/mol. The van der Waals surface area contributed by atoms with Crippen molar-refractivity contribution in [1.29, 1.82) is 0 Å². The van der Waals surface area contributed by atoms with Gasteiger partial charge in [-0.15, -0.1) is 0 Å². The summed E-state index contributed by atoms with van der Waals surface area (Å²) < 4.78 is 0.